The number of piperidine rings is 1. The summed E-state index contributed by atoms with van der Waals surface area (Å²) in [4.78, 5) is 18.5. The van der Waals surface area contributed by atoms with Gasteiger partial charge in [0.1, 0.15) is 12.0 Å². The SMILES string of the molecule is COc1ncnc(C2CC2)c1-c1nccc(-c2nnc(C3CCN(c4nc(C(F)(F)F)cn4C(C)C)CC3)o2)c1F. The highest BCUT2D eigenvalue weighted by atomic mass is 19.4. The maximum atomic E-state index is 15.9. The molecule has 0 aromatic carbocycles. The summed E-state index contributed by atoms with van der Waals surface area (Å²) in [5.41, 5.74) is 0.343. The van der Waals surface area contributed by atoms with Gasteiger partial charge < -0.3 is 18.6 Å². The van der Waals surface area contributed by atoms with E-state index in [1.165, 1.54) is 25.7 Å². The predicted octanol–water partition coefficient (Wildman–Crippen LogP) is 5.79. The van der Waals surface area contributed by atoms with E-state index in [0.717, 1.165) is 19.0 Å². The molecular weight excluding hydrogens is 544 g/mol. The molecule has 5 heterocycles. The third kappa shape index (κ3) is 5.10. The quantitative estimate of drug-likeness (QED) is 0.254. The molecule has 1 saturated carbocycles. The number of hydrogen-bond donors (Lipinski definition) is 0. The Labute approximate surface area is 232 Å². The number of alkyl halides is 3. The summed E-state index contributed by atoms with van der Waals surface area (Å²) in [6.45, 7) is 4.54. The number of hydrogen-bond acceptors (Lipinski definition) is 9. The number of anilines is 1. The second-order valence-corrected chi connectivity index (χ2v) is 10.6. The van der Waals surface area contributed by atoms with E-state index in [4.69, 9.17) is 9.15 Å². The Hall–Kier alpha value is -4.10. The molecule has 0 bridgehead atoms. The summed E-state index contributed by atoms with van der Waals surface area (Å²) in [5.74, 6) is 0.306. The number of imidazole rings is 1. The normalized spacial score (nSPS) is 16.5. The van der Waals surface area contributed by atoms with Crippen LogP contribution in [0.3, 0.4) is 0 Å². The number of pyridine rings is 1. The fraction of sp³-hybridized carbons (Fsp3) is 0.481. The Morgan fingerprint density at radius 3 is 2.44 bits per heavy atom. The van der Waals surface area contributed by atoms with Crippen LogP contribution in [0.4, 0.5) is 23.5 Å². The van der Waals surface area contributed by atoms with Crippen LogP contribution in [0.1, 0.15) is 74.7 Å². The lowest BCUT2D eigenvalue weighted by Gasteiger charge is -2.32. The van der Waals surface area contributed by atoms with Crippen molar-refractivity contribution < 1.29 is 26.7 Å². The van der Waals surface area contributed by atoms with Gasteiger partial charge in [0.15, 0.2) is 11.5 Å². The predicted molar refractivity (Wildman–Crippen MR) is 139 cm³/mol. The Morgan fingerprint density at radius 1 is 1.02 bits per heavy atom. The number of methoxy groups -OCH3 is 1. The topological polar surface area (TPSA) is 108 Å². The molecule has 4 aromatic rings. The molecule has 1 aliphatic heterocycles. The van der Waals surface area contributed by atoms with Crippen LogP contribution < -0.4 is 9.64 Å². The van der Waals surface area contributed by atoms with Crippen molar-refractivity contribution in [2.45, 2.75) is 63.6 Å². The molecule has 0 N–H and O–H groups in total. The van der Waals surface area contributed by atoms with Gasteiger partial charge >= 0.3 is 6.18 Å². The zero-order valence-electron chi connectivity index (χ0n) is 22.7. The van der Waals surface area contributed by atoms with Gasteiger partial charge in [-0.1, -0.05) is 0 Å². The first-order valence-corrected chi connectivity index (χ1v) is 13.4. The summed E-state index contributed by atoms with van der Waals surface area (Å²) >= 11 is 0. The van der Waals surface area contributed by atoms with Crippen LogP contribution in [0.25, 0.3) is 22.7 Å². The van der Waals surface area contributed by atoms with Crippen LogP contribution in [-0.4, -0.2) is 54.9 Å². The van der Waals surface area contributed by atoms with E-state index >= 15 is 4.39 Å². The summed E-state index contributed by atoms with van der Waals surface area (Å²) in [6, 6.07) is 1.28. The molecule has 0 amide bonds. The van der Waals surface area contributed by atoms with Gasteiger partial charge in [-0.05, 0) is 45.6 Å². The fourth-order valence-electron chi connectivity index (χ4n) is 5.18. The number of ether oxygens (including phenoxy) is 1. The van der Waals surface area contributed by atoms with Crippen molar-refractivity contribution in [1.29, 1.82) is 0 Å². The first-order chi connectivity index (χ1) is 19.7. The smallest absolute Gasteiger partial charge is 0.434 e. The van der Waals surface area contributed by atoms with Crippen LogP contribution in [0.2, 0.25) is 0 Å². The standard InChI is InChI=1S/C27H28F4N8O2/c1-14(2)39-12-18(27(29,30)31)35-26(39)38-10-7-16(8-11-38)23-36-37-24(41-23)17-6-9-32-22(20(17)28)19-21(15-4-5-15)33-13-34-25(19)40-3/h6,9,12-16H,4-5,7-8,10-11H2,1-3H3. The molecule has 1 saturated heterocycles. The van der Waals surface area contributed by atoms with E-state index < -0.39 is 17.7 Å². The van der Waals surface area contributed by atoms with Crippen LogP contribution in [0.15, 0.2) is 29.2 Å². The summed E-state index contributed by atoms with van der Waals surface area (Å²) in [6.07, 6.45) is 2.41. The Kier molecular flexibility index (Phi) is 6.86. The zero-order chi connectivity index (χ0) is 28.9. The Morgan fingerprint density at radius 2 is 1.78 bits per heavy atom. The van der Waals surface area contributed by atoms with Gasteiger partial charge in [-0.3, -0.25) is 4.98 Å². The average molecular weight is 573 g/mol. The second kappa shape index (κ2) is 10.4. The van der Waals surface area contributed by atoms with E-state index in [9.17, 15) is 13.2 Å². The highest BCUT2D eigenvalue weighted by Crippen LogP contribution is 2.46. The maximum Gasteiger partial charge on any atom is 0.434 e. The molecule has 216 valence electrons. The van der Waals surface area contributed by atoms with Gasteiger partial charge in [-0.2, -0.15) is 13.2 Å². The number of nitrogens with zero attached hydrogens (tertiary/aromatic N) is 8. The molecule has 0 radical (unpaired) electrons. The Balaban J connectivity index is 1.23. The van der Waals surface area contributed by atoms with Crippen molar-refractivity contribution in [2.24, 2.45) is 0 Å². The maximum absolute atomic E-state index is 15.9. The number of rotatable bonds is 7. The number of halogens is 4. The van der Waals surface area contributed by atoms with Gasteiger partial charge in [0, 0.05) is 43.4 Å². The largest absolute Gasteiger partial charge is 0.480 e. The van der Waals surface area contributed by atoms with Gasteiger partial charge in [-0.25, -0.2) is 19.3 Å². The van der Waals surface area contributed by atoms with Gasteiger partial charge in [0.25, 0.3) is 5.89 Å². The molecule has 6 rings (SSSR count). The molecule has 2 fully saturated rings. The van der Waals surface area contributed by atoms with Gasteiger partial charge in [-0.15, -0.1) is 10.2 Å². The lowest BCUT2D eigenvalue weighted by Crippen LogP contribution is -2.35. The van der Waals surface area contributed by atoms with E-state index in [1.807, 2.05) is 18.7 Å². The molecular formula is C27H28F4N8O2. The molecule has 0 unspecified atom stereocenters. The molecule has 10 nitrogen and oxygen atoms in total. The van der Waals surface area contributed by atoms with Gasteiger partial charge in [0.2, 0.25) is 17.7 Å². The van der Waals surface area contributed by atoms with E-state index in [-0.39, 0.29) is 46.9 Å². The fourth-order valence-corrected chi connectivity index (χ4v) is 5.18. The minimum Gasteiger partial charge on any atom is -0.480 e. The third-order valence-electron chi connectivity index (χ3n) is 7.48. The van der Waals surface area contributed by atoms with Crippen molar-refractivity contribution in [2.75, 3.05) is 25.1 Å². The minimum absolute atomic E-state index is 0.0116. The first-order valence-electron chi connectivity index (χ1n) is 13.4. The van der Waals surface area contributed by atoms with Gasteiger partial charge in [0.05, 0.1) is 23.9 Å². The molecule has 4 aromatic heterocycles. The molecule has 1 aliphatic carbocycles. The third-order valence-corrected chi connectivity index (χ3v) is 7.48. The van der Waals surface area contributed by atoms with Crippen molar-refractivity contribution in [3.8, 4) is 28.6 Å². The van der Waals surface area contributed by atoms with E-state index in [0.29, 0.717) is 43.1 Å². The highest BCUT2D eigenvalue weighted by molar-refractivity contribution is 5.73. The Bertz CT molecular complexity index is 1560. The van der Waals surface area contributed by atoms with Crippen molar-refractivity contribution in [3.63, 3.8) is 0 Å². The van der Waals surface area contributed by atoms with Crippen molar-refractivity contribution >= 4 is 5.95 Å². The van der Waals surface area contributed by atoms with Crippen LogP contribution in [0.5, 0.6) is 5.88 Å². The first kappa shape index (κ1) is 27.1. The zero-order valence-corrected chi connectivity index (χ0v) is 22.7. The second-order valence-electron chi connectivity index (χ2n) is 10.6. The van der Waals surface area contributed by atoms with Crippen LogP contribution in [0, 0.1) is 5.82 Å². The molecule has 41 heavy (non-hydrogen) atoms. The van der Waals surface area contributed by atoms with Crippen molar-refractivity contribution in [3.05, 3.63) is 47.9 Å². The summed E-state index contributed by atoms with van der Waals surface area (Å²) < 4.78 is 68.7. The molecule has 2 aliphatic rings. The van der Waals surface area contributed by atoms with E-state index in [1.54, 1.807) is 4.57 Å². The highest BCUT2D eigenvalue weighted by Gasteiger charge is 2.37. The number of aromatic nitrogens is 7. The summed E-state index contributed by atoms with van der Waals surface area (Å²) in [7, 11) is 1.46. The molecule has 14 heteroatoms. The molecule has 0 atom stereocenters. The molecule has 0 spiro atoms. The monoisotopic (exact) mass is 572 g/mol. The van der Waals surface area contributed by atoms with E-state index in [2.05, 4.69) is 30.1 Å². The lowest BCUT2D eigenvalue weighted by molar-refractivity contribution is -0.140. The van der Waals surface area contributed by atoms with Crippen LogP contribution in [-0.2, 0) is 6.18 Å². The van der Waals surface area contributed by atoms with Crippen LogP contribution >= 0.6 is 0 Å². The lowest BCUT2D eigenvalue weighted by atomic mass is 9.97. The minimum atomic E-state index is -4.52. The average Bonchev–Trinajstić information content (AvgIpc) is 3.49. The van der Waals surface area contributed by atoms with Crippen molar-refractivity contribution in [1.82, 2.24) is 34.7 Å². The summed E-state index contributed by atoms with van der Waals surface area (Å²) in [5, 5.41) is 8.30.